The summed E-state index contributed by atoms with van der Waals surface area (Å²) >= 11 is 0. The molecule has 1 heterocycles. The van der Waals surface area contributed by atoms with Crippen LogP contribution in [-0.2, 0) is 27.1 Å². The lowest BCUT2D eigenvalue weighted by Crippen LogP contribution is -2.74. The van der Waals surface area contributed by atoms with Gasteiger partial charge in [0, 0.05) is 33.6 Å². The van der Waals surface area contributed by atoms with Crippen molar-refractivity contribution in [2.75, 3.05) is 4.90 Å². The number of para-hydroxylation sites is 1. The van der Waals surface area contributed by atoms with Crippen LogP contribution in [-0.4, -0.2) is 0 Å². The van der Waals surface area contributed by atoms with E-state index in [0.29, 0.717) is 5.41 Å². The summed E-state index contributed by atoms with van der Waals surface area (Å²) in [6.07, 6.45) is 10.6. The van der Waals surface area contributed by atoms with Crippen LogP contribution >= 0.6 is 0 Å². The van der Waals surface area contributed by atoms with Gasteiger partial charge in [0.2, 0.25) is 0 Å². The van der Waals surface area contributed by atoms with Crippen molar-refractivity contribution in [1.82, 2.24) is 0 Å². The van der Waals surface area contributed by atoms with Crippen molar-refractivity contribution in [3.8, 4) is 22.6 Å². The molecule has 58 heavy (non-hydrogen) atoms. The maximum absolute atomic E-state index is 6.77. The molecule has 4 fully saturated rings. The molecule has 0 saturated heterocycles. The first kappa shape index (κ1) is 35.6. The van der Waals surface area contributed by atoms with Gasteiger partial charge in [-0.05, 0) is 190 Å². The molecule has 296 valence electrons. The van der Waals surface area contributed by atoms with E-state index in [0.717, 1.165) is 35.2 Å². The monoisotopic (exact) mass is 763 g/mol. The van der Waals surface area contributed by atoms with Crippen molar-refractivity contribution in [2.45, 2.75) is 134 Å². The molecule has 2 nitrogen and oxygen atoms in total. The Morgan fingerprint density at radius 1 is 0.466 bits per heavy atom. The Morgan fingerprint density at radius 2 is 1.00 bits per heavy atom. The van der Waals surface area contributed by atoms with Crippen LogP contribution in [0.15, 0.2) is 103 Å². The predicted octanol–water partition coefficient (Wildman–Crippen LogP) is 15.0. The second kappa shape index (κ2) is 11.3. The minimum absolute atomic E-state index is 0.0895. The molecule has 0 radical (unpaired) electrons. The van der Waals surface area contributed by atoms with Crippen molar-refractivity contribution in [3.63, 3.8) is 0 Å². The first-order valence-corrected chi connectivity index (χ1v) is 22.8. The topological polar surface area (TPSA) is 12.5 Å². The third-order valence-electron chi connectivity index (χ3n) is 18.1. The zero-order valence-electron chi connectivity index (χ0n) is 36.1. The van der Waals surface area contributed by atoms with E-state index in [2.05, 4.69) is 163 Å². The normalized spacial score (nSPS) is 31.4. The van der Waals surface area contributed by atoms with Crippen LogP contribution in [0.25, 0.3) is 11.1 Å². The highest BCUT2D eigenvalue weighted by molar-refractivity contribution is 5.81. The Hall–Kier alpha value is -4.30. The minimum Gasteiger partial charge on any atom is -0.457 e. The highest BCUT2D eigenvalue weighted by Crippen LogP contribution is 2.89. The average Bonchev–Trinajstić information content (AvgIpc) is 3.74. The van der Waals surface area contributed by atoms with Crippen LogP contribution in [0.3, 0.4) is 0 Å². The first-order chi connectivity index (χ1) is 27.6. The molecule has 6 atom stereocenters. The van der Waals surface area contributed by atoms with Crippen LogP contribution in [0.1, 0.15) is 140 Å². The number of hydrogen-bond donors (Lipinski definition) is 0. The fraction of sp³-hybridized carbons (Fsp3) is 0.464. The SMILES string of the molecule is CC1(C)CCC(C)(C)c2cc(N(c3ccc(-c4ccc5c(c4)C4(c6ccccc6O5)C5CC6CC7CC4C75C6)cc3)c3ccc4c(c3)C(C)(C)CCC4(C)C)ccc21. The van der Waals surface area contributed by atoms with Crippen molar-refractivity contribution < 1.29 is 4.74 Å². The molecule has 2 spiro atoms. The zero-order valence-corrected chi connectivity index (χ0v) is 36.1. The van der Waals surface area contributed by atoms with Gasteiger partial charge in [0.15, 0.2) is 0 Å². The van der Waals surface area contributed by atoms with Gasteiger partial charge in [-0.1, -0.05) is 104 Å². The maximum atomic E-state index is 6.77. The molecule has 0 N–H and O–H groups in total. The summed E-state index contributed by atoms with van der Waals surface area (Å²) in [7, 11) is 0. The highest BCUT2D eigenvalue weighted by Gasteiger charge is 2.84. The van der Waals surface area contributed by atoms with Gasteiger partial charge in [-0.25, -0.2) is 0 Å². The number of nitrogens with zero attached hydrogens (tertiary/aromatic N) is 1. The lowest BCUT2D eigenvalue weighted by atomic mass is 9.26. The number of benzene rings is 5. The second-order valence-corrected chi connectivity index (χ2v) is 22.7. The largest absolute Gasteiger partial charge is 0.457 e. The summed E-state index contributed by atoms with van der Waals surface area (Å²) in [5.41, 5.74) is 16.5. The van der Waals surface area contributed by atoms with Crippen LogP contribution in [0.5, 0.6) is 11.5 Å². The van der Waals surface area contributed by atoms with E-state index < -0.39 is 0 Å². The molecule has 2 heteroatoms. The fourth-order valence-corrected chi connectivity index (χ4v) is 14.9. The van der Waals surface area contributed by atoms with Gasteiger partial charge in [0.25, 0.3) is 0 Å². The summed E-state index contributed by atoms with van der Waals surface area (Å²) < 4.78 is 6.77. The quantitative estimate of drug-likeness (QED) is 0.181. The van der Waals surface area contributed by atoms with Crippen LogP contribution < -0.4 is 9.64 Å². The number of fused-ring (bicyclic) bond motifs is 9. The second-order valence-electron chi connectivity index (χ2n) is 22.7. The molecule has 1 aliphatic heterocycles. The van der Waals surface area contributed by atoms with Crippen LogP contribution in [0, 0.1) is 29.1 Å². The maximum Gasteiger partial charge on any atom is 0.131 e. The van der Waals surface area contributed by atoms with E-state index in [1.165, 1.54) is 113 Å². The van der Waals surface area contributed by atoms with E-state index >= 15 is 0 Å². The summed E-state index contributed by atoms with van der Waals surface area (Å²) in [4.78, 5) is 2.54. The van der Waals surface area contributed by atoms with Crippen LogP contribution in [0.4, 0.5) is 17.1 Å². The number of rotatable bonds is 4. The molecule has 4 saturated carbocycles. The lowest BCUT2D eigenvalue weighted by Gasteiger charge is -2.77. The molecule has 12 rings (SSSR count). The molecule has 6 aliphatic carbocycles. The van der Waals surface area contributed by atoms with Crippen LogP contribution in [0.2, 0.25) is 0 Å². The smallest absolute Gasteiger partial charge is 0.131 e. The van der Waals surface area contributed by atoms with Crippen molar-refractivity contribution in [1.29, 1.82) is 0 Å². The summed E-state index contributed by atoms with van der Waals surface area (Å²) in [6, 6.07) is 40.5. The van der Waals surface area contributed by atoms with Gasteiger partial charge in [0.1, 0.15) is 11.5 Å². The van der Waals surface area contributed by atoms with Crippen molar-refractivity contribution in [2.24, 2.45) is 29.1 Å². The molecule has 0 amide bonds. The number of anilines is 3. The molecule has 2 bridgehead atoms. The Morgan fingerprint density at radius 3 is 1.62 bits per heavy atom. The van der Waals surface area contributed by atoms with Gasteiger partial charge in [-0.3, -0.25) is 0 Å². The van der Waals surface area contributed by atoms with Gasteiger partial charge in [-0.15, -0.1) is 0 Å². The summed E-state index contributed by atoms with van der Waals surface area (Å²) in [5.74, 6) is 5.56. The fourth-order valence-electron chi connectivity index (χ4n) is 14.9. The number of hydrogen-bond acceptors (Lipinski definition) is 2. The Kier molecular flexibility index (Phi) is 6.93. The van der Waals surface area contributed by atoms with Gasteiger partial charge >= 0.3 is 0 Å². The molecule has 5 aromatic carbocycles. The zero-order chi connectivity index (χ0) is 39.8. The highest BCUT2D eigenvalue weighted by atomic mass is 16.5. The third kappa shape index (κ3) is 4.46. The first-order valence-electron chi connectivity index (χ1n) is 22.8. The Labute approximate surface area is 347 Å². The summed E-state index contributed by atoms with van der Waals surface area (Å²) in [5, 5.41) is 0. The van der Waals surface area contributed by atoms with Gasteiger partial charge in [0.05, 0.1) is 0 Å². The van der Waals surface area contributed by atoms with E-state index in [4.69, 9.17) is 4.74 Å². The molecule has 7 aliphatic rings. The summed E-state index contributed by atoms with van der Waals surface area (Å²) in [6.45, 7) is 19.5. The van der Waals surface area contributed by atoms with E-state index in [9.17, 15) is 0 Å². The molecular weight excluding hydrogens is 703 g/mol. The predicted molar refractivity (Wildman–Crippen MR) is 239 cm³/mol. The molecule has 5 aromatic rings. The minimum atomic E-state index is 0.0895. The third-order valence-corrected chi connectivity index (χ3v) is 18.1. The average molecular weight is 764 g/mol. The van der Waals surface area contributed by atoms with Gasteiger partial charge < -0.3 is 9.64 Å². The Bertz CT molecular complexity index is 2470. The molecule has 0 aromatic heterocycles. The lowest BCUT2D eigenvalue weighted by molar-refractivity contribution is -0.235. The van der Waals surface area contributed by atoms with E-state index in [-0.39, 0.29) is 27.1 Å². The standard InChI is InChI=1S/C56H61NO/c1-51(2)23-25-53(5,6)44-31-39(18-20-41(44)51)57(40-19-21-42-45(32-40)54(7,8)26-24-52(42,3)4)38-16-13-35(14-17-38)36-15-22-48-46(29-36)56(43-11-9-10-12-47(43)58-48)49-28-34-27-37-30-50(56)55(37,49)33-34/h9-22,29,31-32,34,37,49-50H,23-28,30,33H2,1-8H3. The van der Waals surface area contributed by atoms with Gasteiger partial charge in [-0.2, -0.15) is 0 Å². The van der Waals surface area contributed by atoms with E-state index in [1.54, 1.807) is 0 Å². The van der Waals surface area contributed by atoms with Crippen molar-refractivity contribution >= 4 is 17.1 Å². The van der Waals surface area contributed by atoms with E-state index in [1.807, 2.05) is 0 Å². The molecule has 6 unspecified atom stereocenters. The van der Waals surface area contributed by atoms with Crippen molar-refractivity contribution in [3.05, 3.63) is 137 Å². The Balaban J connectivity index is 0.971. The molecular formula is C56H61NO. The number of ether oxygens (including phenoxy) is 1.